The monoisotopic (exact) mass is 556 g/mol. The van der Waals surface area contributed by atoms with Gasteiger partial charge in [-0.2, -0.15) is 0 Å². The Morgan fingerprint density at radius 2 is 1.71 bits per heavy atom. The molecule has 0 bridgehead atoms. The molecule has 3 aromatic carbocycles. The van der Waals surface area contributed by atoms with Gasteiger partial charge in [-0.05, 0) is 59.8 Å². The van der Waals surface area contributed by atoms with E-state index in [4.69, 9.17) is 14.2 Å². The first-order chi connectivity index (χ1) is 20.1. The van der Waals surface area contributed by atoms with E-state index in [1.54, 1.807) is 0 Å². The van der Waals surface area contributed by atoms with E-state index in [1.807, 2.05) is 24.3 Å². The lowest BCUT2D eigenvalue weighted by Gasteiger charge is -2.39. The van der Waals surface area contributed by atoms with Crippen molar-refractivity contribution >= 4 is 6.09 Å². The number of aliphatic hydroxyl groups is 1. The summed E-state index contributed by atoms with van der Waals surface area (Å²) in [4.78, 5) is 14.3. The molecule has 2 fully saturated rings. The summed E-state index contributed by atoms with van der Waals surface area (Å²) < 4.78 is 18.1. The minimum Gasteiger partial charge on any atom is -0.445 e. The van der Waals surface area contributed by atoms with Crippen LogP contribution in [0.1, 0.15) is 60.3 Å². The Bertz CT molecular complexity index is 1270. The molecule has 216 valence electrons. The maximum Gasteiger partial charge on any atom is 0.407 e. The Morgan fingerprint density at radius 1 is 0.951 bits per heavy atom. The first kappa shape index (κ1) is 29.0. The Hall–Kier alpha value is -3.49. The number of carbonyl (C=O) groups excluding carboxylic acids is 1. The molecule has 3 atom stereocenters. The zero-order valence-corrected chi connectivity index (χ0v) is 23.5. The molecule has 7 heteroatoms. The third-order valence-corrected chi connectivity index (χ3v) is 7.74. The van der Waals surface area contributed by atoms with E-state index in [9.17, 15) is 9.90 Å². The molecule has 0 aromatic heterocycles. The topological polar surface area (TPSA) is 80.3 Å². The smallest absolute Gasteiger partial charge is 0.407 e. The first-order valence-electron chi connectivity index (χ1n) is 14.5. The number of rotatable bonds is 10. The van der Waals surface area contributed by atoms with Crippen LogP contribution in [0.15, 0.2) is 85.5 Å². The zero-order valence-electron chi connectivity index (χ0n) is 23.5. The highest BCUT2D eigenvalue weighted by atomic mass is 16.7. The molecule has 0 aliphatic carbocycles. The molecule has 3 aromatic rings. The van der Waals surface area contributed by atoms with Crippen molar-refractivity contribution < 1.29 is 24.1 Å². The fraction of sp³-hybridized carbons (Fsp3) is 0.382. The van der Waals surface area contributed by atoms with Crippen molar-refractivity contribution in [3.05, 3.63) is 108 Å². The SMILES string of the molecule is C=CCOC(=O)NCc1cccc(-c2ccc([C@@H]3O[C@H](CN4CCCCC4)C[C@H](c4ccc(CO)cc4)O3)cc2)c1. The van der Waals surface area contributed by atoms with Gasteiger partial charge in [-0.1, -0.05) is 85.8 Å². The van der Waals surface area contributed by atoms with Crippen molar-refractivity contribution in [1.82, 2.24) is 10.2 Å². The predicted octanol–water partition coefficient (Wildman–Crippen LogP) is 6.29. The minimum atomic E-state index is -0.466. The van der Waals surface area contributed by atoms with Crippen LogP contribution in [0, 0.1) is 0 Å². The summed E-state index contributed by atoms with van der Waals surface area (Å²) in [5.74, 6) is 0. The molecule has 0 radical (unpaired) electrons. The molecule has 5 rings (SSSR count). The van der Waals surface area contributed by atoms with Gasteiger partial charge in [0.05, 0.1) is 18.8 Å². The van der Waals surface area contributed by atoms with Crippen LogP contribution in [0.4, 0.5) is 4.79 Å². The van der Waals surface area contributed by atoms with Gasteiger partial charge in [-0.3, -0.25) is 0 Å². The van der Waals surface area contributed by atoms with Gasteiger partial charge in [0.2, 0.25) is 0 Å². The Balaban J connectivity index is 1.29. The van der Waals surface area contributed by atoms with E-state index in [-0.39, 0.29) is 25.4 Å². The summed E-state index contributed by atoms with van der Waals surface area (Å²) in [6, 6.07) is 24.5. The zero-order chi connectivity index (χ0) is 28.4. The number of alkyl carbamates (subject to hydrolysis) is 1. The van der Waals surface area contributed by atoms with Crippen molar-refractivity contribution in [2.75, 3.05) is 26.2 Å². The average molecular weight is 557 g/mol. The molecule has 0 spiro atoms. The molecule has 1 amide bonds. The molecule has 2 N–H and O–H groups in total. The largest absolute Gasteiger partial charge is 0.445 e. The number of nitrogens with one attached hydrogen (secondary N) is 1. The molecule has 7 nitrogen and oxygen atoms in total. The van der Waals surface area contributed by atoms with Crippen LogP contribution in [0.2, 0.25) is 0 Å². The number of hydrogen-bond donors (Lipinski definition) is 2. The van der Waals surface area contributed by atoms with Gasteiger partial charge in [-0.25, -0.2) is 4.79 Å². The summed E-state index contributed by atoms with van der Waals surface area (Å²) >= 11 is 0. The number of amides is 1. The quantitative estimate of drug-likeness (QED) is 0.286. The van der Waals surface area contributed by atoms with Crippen molar-refractivity contribution in [2.45, 2.75) is 57.3 Å². The highest BCUT2D eigenvalue weighted by Crippen LogP contribution is 2.39. The van der Waals surface area contributed by atoms with Gasteiger partial charge in [0.25, 0.3) is 0 Å². The fourth-order valence-corrected chi connectivity index (χ4v) is 5.52. The number of piperidine rings is 1. The Morgan fingerprint density at radius 3 is 2.44 bits per heavy atom. The number of nitrogens with zero attached hydrogens (tertiary/aromatic N) is 1. The molecule has 2 heterocycles. The maximum absolute atomic E-state index is 11.8. The Kier molecular flexibility index (Phi) is 10.2. The number of benzene rings is 3. The number of aliphatic hydroxyl groups excluding tert-OH is 1. The van der Waals surface area contributed by atoms with Crippen LogP contribution in [0.3, 0.4) is 0 Å². The lowest BCUT2D eigenvalue weighted by Crippen LogP contribution is -2.41. The summed E-state index contributed by atoms with van der Waals surface area (Å²) in [7, 11) is 0. The van der Waals surface area contributed by atoms with Crippen LogP contribution < -0.4 is 5.32 Å². The number of hydrogen-bond acceptors (Lipinski definition) is 6. The second-order valence-corrected chi connectivity index (χ2v) is 10.8. The van der Waals surface area contributed by atoms with E-state index in [1.165, 1.54) is 25.3 Å². The average Bonchev–Trinajstić information content (AvgIpc) is 3.03. The first-order valence-corrected chi connectivity index (χ1v) is 14.5. The molecule has 2 aliphatic rings. The summed E-state index contributed by atoms with van der Waals surface area (Å²) in [6.07, 6.45) is 5.19. The van der Waals surface area contributed by atoms with E-state index >= 15 is 0 Å². The fourth-order valence-electron chi connectivity index (χ4n) is 5.52. The minimum absolute atomic E-state index is 0.0309. The standard InChI is InChI=1S/C34H40N2O5/c1-2-19-39-34(38)35-22-26-7-6-8-30(20-26)27-13-15-29(16-14-27)33-40-31(23-36-17-4-3-5-18-36)21-32(41-33)28-11-9-25(24-37)10-12-28/h2,6-16,20,31-33,37H,1,3-5,17-19,21-24H2,(H,35,38)/t31-,32+,33+/m0/s1. The Labute approximate surface area is 242 Å². The van der Waals surface area contributed by atoms with Gasteiger partial charge in [0.15, 0.2) is 6.29 Å². The van der Waals surface area contributed by atoms with Crippen LogP contribution in [0.25, 0.3) is 11.1 Å². The third-order valence-electron chi connectivity index (χ3n) is 7.74. The van der Waals surface area contributed by atoms with Crippen molar-refractivity contribution in [3.8, 4) is 11.1 Å². The van der Waals surface area contributed by atoms with Gasteiger partial charge in [-0.15, -0.1) is 0 Å². The number of carbonyl (C=O) groups is 1. The van der Waals surface area contributed by atoms with E-state index in [0.29, 0.717) is 6.54 Å². The van der Waals surface area contributed by atoms with E-state index < -0.39 is 12.4 Å². The highest BCUT2D eigenvalue weighted by molar-refractivity contribution is 5.68. The van der Waals surface area contributed by atoms with E-state index in [0.717, 1.165) is 59.4 Å². The molecule has 0 saturated carbocycles. The van der Waals surface area contributed by atoms with Gasteiger partial charge < -0.3 is 29.5 Å². The van der Waals surface area contributed by atoms with Gasteiger partial charge >= 0.3 is 6.09 Å². The lowest BCUT2D eigenvalue weighted by molar-refractivity contribution is -0.253. The normalized spacial score (nSPS) is 21.2. The van der Waals surface area contributed by atoms with Crippen LogP contribution in [-0.4, -0.2) is 48.4 Å². The van der Waals surface area contributed by atoms with Crippen LogP contribution in [0.5, 0.6) is 0 Å². The molecule has 41 heavy (non-hydrogen) atoms. The summed E-state index contributed by atoms with van der Waals surface area (Å²) in [5, 5.41) is 12.2. The second kappa shape index (κ2) is 14.4. The molecule has 2 aliphatic heterocycles. The van der Waals surface area contributed by atoms with Gasteiger partial charge in [0.1, 0.15) is 6.61 Å². The number of ether oxygens (including phenoxy) is 3. The van der Waals surface area contributed by atoms with Crippen LogP contribution in [-0.2, 0) is 27.4 Å². The highest BCUT2D eigenvalue weighted by Gasteiger charge is 2.33. The van der Waals surface area contributed by atoms with Crippen molar-refractivity contribution in [2.24, 2.45) is 0 Å². The van der Waals surface area contributed by atoms with Crippen LogP contribution >= 0.6 is 0 Å². The van der Waals surface area contributed by atoms with Crippen molar-refractivity contribution in [1.29, 1.82) is 0 Å². The summed E-state index contributed by atoms with van der Waals surface area (Å²) in [5.41, 5.74) is 6.10. The summed E-state index contributed by atoms with van der Waals surface area (Å²) in [6.45, 7) is 7.30. The van der Waals surface area contributed by atoms with Crippen molar-refractivity contribution in [3.63, 3.8) is 0 Å². The second-order valence-electron chi connectivity index (χ2n) is 10.8. The predicted molar refractivity (Wildman–Crippen MR) is 159 cm³/mol. The maximum atomic E-state index is 11.8. The third kappa shape index (κ3) is 8.05. The molecule has 0 unspecified atom stereocenters. The van der Waals surface area contributed by atoms with Gasteiger partial charge in [0, 0.05) is 25.1 Å². The molecular weight excluding hydrogens is 516 g/mol. The number of likely N-dealkylation sites (tertiary alicyclic amines) is 1. The lowest BCUT2D eigenvalue weighted by atomic mass is 9.98. The molecule has 2 saturated heterocycles. The molecular formula is C34H40N2O5. The van der Waals surface area contributed by atoms with E-state index in [2.05, 4.69) is 65.3 Å².